The molecule has 1 amide bonds. The third kappa shape index (κ3) is 4.88. The van der Waals surface area contributed by atoms with Gasteiger partial charge in [0, 0.05) is 5.56 Å². The van der Waals surface area contributed by atoms with Crippen LogP contribution in [0.15, 0.2) is 36.8 Å². The van der Waals surface area contributed by atoms with Crippen molar-refractivity contribution in [2.45, 2.75) is 19.8 Å². The van der Waals surface area contributed by atoms with Crippen LogP contribution in [0, 0.1) is 3.57 Å². The van der Waals surface area contributed by atoms with Gasteiger partial charge in [0.1, 0.15) is 11.5 Å². The molecule has 0 fully saturated rings. The second kappa shape index (κ2) is 8.99. The van der Waals surface area contributed by atoms with Crippen molar-refractivity contribution < 1.29 is 14.3 Å². The molecule has 0 aliphatic rings. The van der Waals surface area contributed by atoms with Gasteiger partial charge in [0.05, 0.1) is 34.8 Å². The standard InChI is InChI=1S/C19H19IN6O3/c1-10(2)12-6-15(28-3)13(20)7-14(12)29-16-9-22-19(25-17(16)21)26-18(27)11-4-5-23-24-8-11/h4-10H,1-3H3,(H3,21,22,25,26,27). The molecule has 0 atom stereocenters. The van der Waals surface area contributed by atoms with Crippen molar-refractivity contribution in [3.8, 4) is 17.2 Å². The summed E-state index contributed by atoms with van der Waals surface area (Å²) in [6.07, 6.45) is 4.18. The van der Waals surface area contributed by atoms with Gasteiger partial charge >= 0.3 is 0 Å². The number of anilines is 2. The zero-order chi connectivity index (χ0) is 21.0. The van der Waals surface area contributed by atoms with Crippen LogP contribution in [-0.4, -0.2) is 33.2 Å². The summed E-state index contributed by atoms with van der Waals surface area (Å²) in [5.41, 5.74) is 7.32. The van der Waals surface area contributed by atoms with Gasteiger partial charge in [-0.1, -0.05) is 13.8 Å². The van der Waals surface area contributed by atoms with Crippen LogP contribution in [0.25, 0.3) is 0 Å². The van der Waals surface area contributed by atoms with E-state index < -0.39 is 5.91 Å². The predicted molar refractivity (Wildman–Crippen MR) is 116 cm³/mol. The lowest BCUT2D eigenvalue weighted by molar-refractivity contribution is 0.102. The number of aromatic nitrogens is 4. The highest BCUT2D eigenvalue weighted by atomic mass is 127. The van der Waals surface area contributed by atoms with Crippen molar-refractivity contribution >= 4 is 40.3 Å². The SMILES string of the molecule is COc1cc(C(C)C)c(Oc2cnc(NC(=O)c3ccnnc3)nc2N)cc1I. The summed E-state index contributed by atoms with van der Waals surface area (Å²) < 4.78 is 12.3. The highest BCUT2D eigenvalue weighted by Gasteiger charge is 2.16. The molecule has 0 unspecified atom stereocenters. The fraction of sp³-hybridized carbons (Fsp3) is 0.211. The van der Waals surface area contributed by atoms with E-state index in [0.717, 1.165) is 14.9 Å². The zero-order valence-corrected chi connectivity index (χ0v) is 18.2. The maximum Gasteiger partial charge on any atom is 0.259 e. The quantitative estimate of drug-likeness (QED) is 0.486. The molecule has 0 radical (unpaired) electrons. The van der Waals surface area contributed by atoms with Crippen LogP contribution < -0.4 is 20.5 Å². The Morgan fingerprint density at radius 2 is 1.97 bits per heavy atom. The average molecular weight is 506 g/mol. The predicted octanol–water partition coefficient (Wildman–Crippen LogP) is 3.63. The van der Waals surface area contributed by atoms with Gasteiger partial charge in [-0.25, -0.2) is 4.98 Å². The van der Waals surface area contributed by atoms with Crippen LogP contribution in [0.3, 0.4) is 0 Å². The molecule has 9 nitrogen and oxygen atoms in total. The smallest absolute Gasteiger partial charge is 0.259 e. The maximum atomic E-state index is 12.2. The lowest BCUT2D eigenvalue weighted by atomic mass is 10.0. The largest absolute Gasteiger partial charge is 0.496 e. The number of benzene rings is 1. The average Bonchev–Trinajstić information content (AvgIpc) is 2.70. The molecule has 2 heterocycles. The highest BCUT2D eigenvalue weighted by Crippen LogP contribution is 2.37. The second-order valence-corrected chi connectivity index (χ2v) is 7.47. The second-order valence-electron chi connectivity index (χ2n) is 6.31. The Morgan fingerprint density at radius 1 is 1.17 bits per heavy atom. The van der Waals surface area contributed by atoms with Gasteiger partial charge < -0.3 is 15.2 Å². The highest BCUT2D eigenvalue weighted by molar-refractivity contribution is 14.1. The van der Waals surface area contributed by atoms with E-state index in [1.165, 1.54) is 24.7 Å². The molecule has 2 aromatic heterocycles. The molecule has 3 N–H and O–H groups in total. The van der Waals surface area contributed by atoms with Gasteiger partial charge in [0.15, 0.2) is 11.6 Å². The van der Waals surface area contributed by atoms with Gasteiger partial charge in [0.25, 0.3) is 5.91 Å². The van der Waals surface area contributed by atoms with E-state index in [4.69, 9.17) is 15.2 Å². The van der Waals surface area contributed by atoms with Gasteiger partial charge in [0.2, 0.25) is 5.95 Å². The molecular weight excluding hydrogens is 487 g/mol. The third-order valence-electron chi connectivity index (χ3n) is 3.98. The number of amides is 1. The van der Waals surface area contributed by atoms with Crippen molar-refractivity contribution in [2.75, 3.05) is 18.2 Å². The van der Waals surface area contributed by atoms with E-state index in [2.05, 4.69) is 61.9 Å². The summed E-state index contributed by atoms with van der Waals surface area (Å²) in [7, 11) is 1.63. The number of nitrogens with one attached hydrogen (secondary N) is 1. The molecule has 0 saturated heterocycles. The monoisotopic (exact) mass is 506 g/mol. The van der Waals surface area contributed by atoms with Crippen molar-refractivity contribution in [1.29, 1.82) is 0 Å². The number of methoxy groups -OCH3 is 1. The molecule has 0 aliphatic heterocycles. The van der Waals surface area contributed by atoms with Gasteiger partial charge in [-0.05, 0) is 46.7 Å². The summed E-state index contributed by atoms with van der Waals surface area (Å²) in [6.45, 7) is 4.11. The van der Waals surface area contributed by atoms with Gasteiger partial charge in [-0.2, -0.15) is 15.2 Å². The number of hydrogen-bond donors (Lipinski definition) is 2. The van der Waals surface area contributed by atoms with E-state index >= 15 is 0 Å². The normalized spacial score (nSPS) is 10.7. The van der Waals surface area contributed by atoms with Crippen LogP contribution in [0.1, 0.15) is 35.7 Å². The summed E-state index contributed by atoms with van der Waals surface area (Å²) in [6, 6.07) is 5.35. The zero-order valence-electron chi connectivity index (χ0n) is 16.0. The molecule has 0 saturated carbocycles. The van der Waals surface area contributed by atoms with Crippen LogP contribution >= 0.6 is 22.6 Å². The number of nitrogens with two attached hydrogens (primary N) is 1. The van der Waals surface area contributed by atoms with E-state index in [9.17, 15) is 4.79 Å². The molecule has 29 heavy (non-hydrogen) atoms. The number of rotatable bonds is 6. The Balaban J connectivity index is 1.83. The summed E-state index contributed by atoms with van der Waals surface area (Å²) >= 11 is 2.18. The number of halogens is 1. The fourth-order valence-electron chi connectivity index (χ4n) is 2.49. The molecule has 150 valence electrons. The Kier molecular flexibility index (Phi) is 6.42. The minimum Gasteiger partial charge on any atom is -0.496 e. The van der Waals surface area contributed by atoms with E-state index in [1.807, 2.05) is 12.1 Å². The Morgan fingerprint density at radius 3 is 2.59 bits per heavy atom. The third-order valence-corrected chi connectivity index (χ3v) is 4.82. The van der Waals surface area contributed by atoms with Crippen LogP contribution in [0.2, 0.25) is 0 Å². The van der Waals surface area contributed by atoms with Crippen molar-refractivity contribution in [3.63, 3.8) is 0 Å². The molecule has 1 aromatic carbocycles. The Bertz CT molecular complexity index is 1030. The first-order chi connectivity index (χ1) is 13.9. The molecule has 0 aliphatic carbocycles. The minimum atomic E-state index is -0.417. The number of hydrogen-bond acceptors (Lipinski definition) is 8. The van der Waals surface area contributed by atoms with Crippen LogP contribution in [0.5, 0.6) is 17.2 Å². The Hall–Kier alpha value is -3.02. The van der Waals surface area contributed by atoms with Gasteiger partial charge in [-0.3, -0.25) is 10.1 Å². The molecular formula is C19H19IN6O3. The lowest BCUT2D eigenvalue weighted by Gasteiger charge is -2.17. The molecule has 0 spiro atoms. The first-order valence-electron chi connectivity index (χ1n) is 8.65. The van der Waals surface area contributed by atoms with E-state index in [1.54, 1.807) is 7.11 Å². The first-order valence-corrected chi connectivity index (χ1v) is 9.72. The summed E-state index contributed by atoms with van der Waals surface area (Å²) in [5.74, 6) is 1.64. The fourth-order valence-corrected chi connectivity index (χ4v) is 3.15. The van der Waals surface area contributed by atoms with Crippen LogP contribution in [-0.2, 0) is 0 Å². The van der Waals surface area contributed by atoms with E-state index in [-0.39, 0.29) is 23.4 Å². The topological polar surface area (TPSA) is 125 Å². The Labute approximate surface area is 181 Å². The molecule has 10 heteroatoms. The molecule has 0 bridgehead atoms. The molecule has 3 aromatic rings. The number of carbonyl (C=O) groups excluding carboxylic acids is 1. The number of nitrogens with zero attached hydrogens (tertiary/aromatic N) is 4. The number of nitrogen functional groups attached to an aromatic ring is 1. The van der Waals surface area contributed by atoms with Crippen LogP contribution in [0.4, 0.5) is 11.8 Å². The maximum absolute atomic E-state index is 12.2. The van der Waals surface area contributed by atoms with Crippen molar-refractivity contribution in [2.24, 2.45) is 0 Å². The molecule has 3 rings (SSSR count). The van der Waals surface area contributed by atoms with Crippen molar-refractivity contribution in [3.05, 3.63) is 51.5 Å². The lowest BCUT2D eigenvalue weighted by Crippen LogP contribution is -2.15. The number of carbonyl (C=O) groups is 1. The minimum absolute atomic E-state index is 0.0602. The van der Waals surface area contributed by atoms with Gasteiger partial charge in [-0.15, -0.1) is 0 Å². The number of ether oxygens (including phenoxy) is 2. The van der Waals surface area contributed by atoms with Crippen molar-refractivity contribution in [1.82, 2.24) is 20.2 Å². The van der Waals surface area contributed by atoms with E-state index in [0.29, 0.717) is 11.3 Å². The summed E-state index contributed by atoms with van der Waals surface area (Å²) in [4.78, 5) is 20.4. The first kappa shape index (κ1) is 20.7. The summed E-state index contributed by atoms with van der Waals surface area (Å²) in [5, 5.41) is 9.85.